The van der Waals surface area contributed by atoms with Crippen molar-refractivity contribution in [3.05, 3.63) is 58.0 Å². The molecule has 0 unspecified atom stereocenters. The lowest BCUT2D eigenvalue weighted by atomic mass is 10.2. The van der Waals surface area contributed by atoms with Gasteiger partial charge in [-0.1, -0.05) is 83.5 Å². The van der Waals surface area contributed by atoms with Crippen LogP contribution in [0.3, 0.4) is 0 Å². The zero-order chi connectivity index (χ0) is 20.1. The van der Waals surface area contributed by atoms with Gasteiger partial charge < -0.3 is 9.88 Å². The maximum absolute atomic E-state index is 12.4. The Hall–Kier alpha value is -1.83. The first-order valence-electron chi connectivity index (χ1n) is 8.80. The molecule has 0 aliphatic heterocycles. The number of aromatic nitrogens is 3. The highest BCUT2D eigenvalue weighted by atomic mass is 79.9. The molecule has 0 bridgehead atoms. The molecule has 0 spiro atoms. The van der Waals surface area contributed by atoms with E-state index in [-0.39, 0.29) is 11.7 Å². The SMILES string of the molecule is CC(C)Cn1c(SCC(=O)Nc2ccc(Br)cc2Cl)nnc1-c1ccccc1. The molecule has 8 heteroatoms. The third-order valence-electron chi connectivity index (χ3n) is 3.83. The molecule has 1 N–H and O–H groups in total. The summed E-state index contributed by atoms with van der Waals surface area (Å²) in [4.78, 5) is 12.4. The molecule has 3 rings (SSSR count). The van der Waals surface area contributed by atoms with E-state index in [0.717, 1.165) is 27.6 Å². The Morgan fingerprint density at radius 3 is 2.64 bits per heavy atom. The van der Waals surface area contributed by atoms with E-state index in [2.05, 4.69) is 49.9 Å². The van der Waals surface area contributed by atoms with Crippen molar-refractivity contribution in [3.8, 4) is 11.4 Å². The van der Waals surface area contributed by atoms with Gasteiger partial charge in [-0.2, -0.15) is 0 Å². The van der Waals surface area contributed by atoms with E-state index in [1.165, 1.54) is 11.8 Å². The van der Waals surface area contributed by atoms with E-state index < -0.39 is 0 Å². The molecule has 0 saturated heterocycles. The van der Waals surface area contributed by atoms with E-state index in [4.69, 9.17) is 11.6 Å². The summed E-state index contributed by atoms with van der Waals surface area (Å²) in [5.74, 6) is 1.31. The molecule has 0 saturated carbocycles. The van der Waals surface area contributed by atoms with Crippen LogP contribution in [-0.4, -0.2) is 26.4 Å². The van der Waals surface area contributed by atoms with Crippen LogP contribution in [0.1, 0.15) is 13.8 Å². The number of anilines is 1. The first kappa shape index (κ1) is 20.9. The summed E-state index contributed by atoms with van der Waals surface area (Å²) >= 11 is 10.9. The number of benzene rings is 2. The third kappa shape index (κ3) is 5.37. The van der Waals surface area contributed by atoms with Crippen molar-refractivity contribution in [2.24, 2.45) is 5.92 Å². The average Bonchev–Trinajstić information content (AvgIpc) is 3.05. The van der Waals surface area contributed by atoms with Crippen molar-refractivity contribution in [3.63, 3.8) is 0 Å². The Bertz CT molecular complexity index is 962. The monoisotopic (exact) mass is 478 g/mol. The van der Waals surface area contributed by atoms with Crippen molar-refractivity contribution >= 4 is 50.9 Å². The molecule has 146 valence electrons. The molecule has 3 aromatic rings. The molecule has 1 aromatic heterocycles. The number of hydrogen-bond donors (Lipinski definition) is 1. The smallest absolute Gasteiger partial charge is 0.234 e. The predicted molar refractivity (Wildman–Crippen MR) is 119 cm³/mol. The Morgan fingerprint density at radius 1 is 1.21 bits per heavy atom. The van der Waals surface area contributed by atoms with Crippen LogP contribution < -0.4 is 5.32 Å². The van der Waals surface area contributed by atoms with Gasteiger partial charge in [0.15, 0.2) is 11.0 Å². The number of thioether (sulfide) groups is 1. The summed E-state index contributed by atoms with van der Waals surface area (Å²) in [5.41, 5.74) is 1.60. The minimum Gasteiger partial charge on any atom is -0.324 e. The summed E-state index contributed by atoms with van der Waals surface area (Å²) in [6, 6.07) is 15.3. The topological polar surface area (TPSA) is 59.8 Å². The Balaban J connectivity index is 1.73. The normalized spacial score (nSPS) is 11.0. The predicted octanol–water partition coefficient (Wildman–Crippen LogP) is 5.75. The van der Waals surface area contributed by atoms with Crippen LogP contribution in [0.15, 0.2) is 58.2 Å². The lowest BCUT2D eigenvalue weighted by Crippen LogP contribution is -2.15. The van der Waals surface area contributed by atoms with E-state index in [1.807, 2.05) is 36.4 Å². The van der Waals surface area contributed by atoms with Gasteiger partial charge in [-0.15, -0.1) is 10.2 Å². The van der Waals surface area contributed by atoms with Crippen LogP contribution in [0.2, 0.25) is 5.02 Å². The van der Waals surface area contributed by atoms with Crippen LogP contribution >= 0.6 is 39.3 Å². The first-order valence-corrected chi connectivity index (χ1v) is 11.0. The molecule has 0 atom stereocenters. The van der Waals surface area contributed by atoms with Gasteiger partial charge in [0.25, 0.3) is 0 Å². The molecule has 0 aliphatic carbocycles. The van der Waals surface area contributed by atoms with Crippen LogP contribution in [-0.2, 0) is 11.3 Å². The second-order valence-corrected chi connectivity index (χ2v) is 8.90. The molecule has 28 heavy (non-hydrogen) atoms. The fourth-order valence-corrected chi connectivity index (χ4v) is 4.10. The highest BCUT2D eigenvalue weighted by molar-refractivity contribution is 9.10. The van der Waals surface area contributed by atoms with Gasteiger partial charge in [0.05, 0.1) is 16.5 Å². The summed E-state index contributed by atoms with van der Waals surface area (Å²) < 4.78 is 2.94. The molecule has 2 aromatic carbocycles. The maximum atomic E-state index is 12.4. The average molecular weight is 480 g/mol. The summed E-state index contributed by atoms with van der Waals surface area (Å²) in [7, 11) is 0. The molecule has 1 amide bonds. The number of carbonyl (C=O) groups is 1. The van der Waals surface area contributed by atoms with Gasteiger partial charge >= 0.3 is 0 Å². The van der Waals surface area contributed by atoms with Crippen molar-refractivity contribution in [2.75, 3.05) is 11.1 Å². The lowest BCUT2D eigenvalue weighted by Gasteiger charge is -2.12. The van der Waals surface area contributed by atoms with E-state index in [0.29, 0.717) is 16.6 Å². The van der Waals surface area contributed by atoms with E-state index in [1.54, 1.807) is 12.1 Å². The first-order chi connectivity index (χ1) is 13.4. The van der Waals surface area contributed by atoms with Gasteiger partial charge in [-0.3, -0.25) is 4.79 Å². The number of amides is 1. The molecule has 0 radical (unpaired) electrons. The number of rotatable bonds is 7. The summed E-state index contributed by atoms with van der Waals surface area (Å²) in [5, 5.41) is 12.7. The molecular weight excluding hydrogens is 460 g/mol. The number of carbonyl (C=O) groups excluding carboxylic acids is 1. The molecule has 5 nitrogen and oxygen atoms in total. The Morgan fingerprint density at radius 2 is 1.96 bits per heavy atom. The molecule has 1 heterocycles. The number of nitrogens with zero attached hydrogens (tertiary/aromatic N) is 3. The zero-order valence-corrected chi connectivity index (χ0v) is 18.7. The minimum absolute atomic E-state index is 0.144. The number of nitrogens with one attached hydrogen (secondary N) is 1. The fraction of sp³-hybridized carbons (Fsp3) is 0.250. The molecule has 0 fully saturated rings. The number of halogens is 2. The largest absolute Gasteiger partial charge is 0.324 e. The number of hydrogen-bond acceptors (Lipinski definition) is 4. The Labute approximate surface area is 182 Å². The fourth-order valence-electron chi connectivity index (χ4n) is 2.63. The van der Waals surface area contributed by atoms with Crippen LogP contribution in [0.4, 0.5) is 5.69 Å². The highest BCUT2D eigenvalue weighted by Crippen LogP contribution is 2.27. The highest BCUT2D eigenvalue weighted by Gasteiger charge is 2.17. The van der Waals surface area contributed by atoms with Crippen molar-refractivity contribution in [1.29, 1.82) is 0 Å². The quantitative estimate of drug-likeness (QED) is 0.438. The van der Waals surface area contributed by atoms with Gasteiger partial charge in [0, 0.05) is 16.6 Å². The standard InChI is InChI=1S/C20H20BrClN4OS/c1-13(2)11-26-19(14-6-4-3-5-7-14)24-25-20(26)28-12-18(27)23-17-9-8-15(21)10-16(17)22/h3-10,13H,11-12H2,1-2H3,(H,23,27). The van der Waals surface area contributed by atoms with Gasteiger partial charge in [0.1, 0.15) is 0 Å². The lowest BCUT2D eigenvalue weighted by molar-refractivity contribution is -0.113. The third-order valence-corrected chi connectivity index (χ3v) is 5.61. The second-order valence-electron chi connectivity index (χ2n) is 6.64. The second kappa shape index (κ2) is 9.58. The minimum atomic E-state index is -0.144. The van der Waals surface area contributed by atoms with E-state index in [9.17, 15) is 4.79 Å². The van der Waals surface area contributed by atoms with Crippen molar-refractivity contribution in [1.82, 2.24) is 14.8 Å². The maximum Gasteiger partial charge on any atom is 0.234 e. The Kier molecular flexibility index (Phi) is 7.15. The van der Waals surface area contributed by atoms with Gasteiger partial charge in [-0.25, -0.2) is 0 Å². The summed E-state index contributed by atoms with van der Waals surface area (Å²) in [6.45, 7) is 5.07. The van der Waals surface area contributed by atoms with E-state index >= 15 is 0 Å². The van der Waals surface area contributed by atoms with Crippen LogP contribution in [0, 0.1) is 5.92 Å². The van der Waals surface area contributed by atoms with Crippen LogP contribution in [0.25, 0.3) is 11.4 Å². The molecule has 0 aliphatic rings. The van der Waals surface area contributed by atoms with Gasteiger partial charge in [-0.05, 0) is 24.1 Å². The zero-order valence-electron chi connectivity index (χ0n) is 15.5. The van der Waals surface area contributed by atoms with Crippen LogP contribution in [0.5, 0.6) is 0 Å². The van der Waals surface area contributed by atoms with Gasteiger partial charge in [0.2, 0.25) is 5.91 Å². The van der Waals surface area contributed by atoms with Crippen molar-refractivity contribution < 1.29 is 4.79 Å². The molecular formula is C20H20BrClN4OS. The van der Waals surface area contributed by atoms with Crippen molar-refractivity contribution in [2.45, 2.75) is 25.5 Å². The summed E-state index contributed by atoms with van der Waals surface area (Å²) in [6.07, 6.45) is 0.